The van der Waals surface area contributed by atoms with Gasteiger partial charge in [-0.3, -0.25) is 4.79 Å². The van der Waals surface area contributed by atoms with E-state index < -0.39 is 0 Å². The van der Waals surface area contributed by atoms with Gasteiger partial charge < -0.3 is 20.1 Å². The van der Waals surface area contributed by atoms with Crippen molar-refractivity contribution in [2.75, 3.05) is 24.9 Å². The summed E-state index contributed by atoms with van der Waals surface area (Å²) in [6.45, 7) is 0. The molecule has 3 rings (SSSR count). The lowest BCUT2D eigenvalue weighted by atomic mass is 10.1. The summed E-state index contributed by atoms with van der Waals surface area (Å²) >= 11 is 0. The van der Waals surface area contributed by atoms with Crippen molar-refractivity contribution in [2.24, 2.45) is 0 Å². The van der Waals surface area contributed by atoms with Gasteiger partial charge >= 0.3 is 0 Å². The lowest BCUT2D eigenvalue weighted by Crippen LogP contribution is -2.19. The van der Waals surface area contributed by atoms with Gasteiger partial charge in [-0.05, 0) is 37.1 Å². The van der Waals surface area contributed by atoms with Crippen LogP contribution in [0.1, 0.15) is 48.9 Å². The van der Waals surface area contributed by atoms with Gasteiger partial charge in [-0.15, -0.1) is 0 Å². The smallest absolute Gasteiger partial charge is 0.263 e. The van der Waals surface area contributed by atoms with Crippen molar-refractivity contribution in [1.29, 1.82) is 0 Å². The summed E-state index contributed by atoms with van der Waals surface area (Å²) in [4.78, 5) is 17.1. The van der Waals surface area contributed by atoms with Gasteiger partial charge in [-0.2, -0.15) is 0 Å². The summed E-state index contributed by atoms with van der Waals surface area (Å²) in [7, 11) is 3.06. The predicted octanol–water partition coefficient (Wildman–Crippen LogP) is 4.49. The molecule has 6 heteroatoms. The molecule has 27 heavy (non-hydrogen) atoms. The molecule has 0 radical (unpaired) electrons. The number of rotatable bonds is 6. The van der Waals surface area contributed by atoms with Crippen molar-refractivity contribution >= 4 is 17.4 Å². The van der Waals surface area contributed by atoms with Gasteiger partial charge in [0.2, 0.25) is 0 Å². The largest absolute Gasteiger partial charge is 0.496 e. The molecular formula is C21H27N3O3. The van der Waals surface area contributed by atoms with Crippen LogP contribution in [0.4, 0.5) is 11.5 Å². The number of ether oxygens (including phenoxy) is 2. The van der Waals surface area contributed by atoms with E-state index in [-0.39, 0.29) is 5.91 Å². The van der Waals surface area contributed by atoms with E-state index in [2.05, 4.69) is 15.6 Å². The van der Waals surface area contributed by atoms with E-state index in [1.54, 1.807) is 24.4 Å². The summed E-state index contributed by atoms with van der Waals surface area (Å²) in [5.74, 6) is 1.48. The van der Waals surface area contributed by atoms with Crippen molar-refractivity contribution in [3.8, 4) is 11.5 Å². The summed E-state index contributed by atoms with van der Waals surface area (Å²) in [5.41, 5.74) is 0.988. The first kappa shape index (κ1) is 19.0. The van der Waals surface area contributed by atoms with Crippen LogP contribution in [0.15, 0.2) is 36.5 Å². The maximum Gasteiger partial charge on any atom is 0.263 e. The molecule has 2 aromatic rings. The normalized spacial score (nSPS) is 14.9. The topological polar surface area (TPSA) is 72.5 Å². The van der Waals surface area contributed by atoms with Crippen molar-refractivity contribution in [1.82, 2.24) is 4.98 Å². The van der Waals surface area contributed by atoms with Crippen LogP contribution in [0.25, 0.3) is 0 Å². The first-order chi connectivity index (χ1) is 13.2. The Bertz CT molecular complexity index is 732. The van der Waals surface area contributed by atoms with Gasteiger partial charge in [-0.25, -0.2) is 4.98 Å². The fourth-order valence-corrected chi connectivity index (χ4v) is 3.45. The fraction of sp³-hybridized carbons (Fsp3) is 0.429. The van der Waals surface area contributed by atoms with E-state index in [0.717, 1.165) is 5.82 Å². The Morgan fingerprint density at radius 2 is 1.67 bits per heavy atom. The maximum absolute atomic E-state index is 12.7. The van der Waals surface area contributed by atoms with Crippen molar-refractivity contribution in [3.05, 3.63) is 42.1 Å². The van der Waals surface area contributed by atoms with E-state index in [0.29, 0.717) is 28.8 Å². The van der Waals surface area contributed by atoms with Gasteiger partial charge in [0.1, 0.15) is 22.9 Å². The zero-order valence-corrected chi connectivity index (χ0v) is 16.0. The molecule has 0 unspecified atom stereocenters. The molecule has 1 fully saturated rings. The van der Waals surface area contributed by atoms with Crippen LogP contribution in [0, 0.1) is 0 Å². The van der Waals surface area contributed by atoms with E-state index in [1.807, 2.05) is 12.1 Å². The molecule has 1 saturated carbocycles. The second kappa shape index (κ2) is 9.26. The number of carbonyl (C=O) groups is 1. The maximum atomic E-state index is 12.7. The quantitative estimate of drug-likeness (QED) is 0.734. The molecule has 2 N–H and O–H groups in total. The molecule has 1 amide bonds. The van der Waals surface area contributed by atoms with E-state index >= 15 is 0 Å². The second-order valence-corrected chi connectivity index (χ2v) is 6.76. The monoisotopic (exact) mass is 369 g/mol. The molecule has 144 valence electrons. The molecule has 1 aliphatic rings. The molecule has 0 bridgehead atoms. The van der Waals surface area contributed by atoms with Crippen LogP contribution >= 0.6 is 0 Å². The highest BCUT2D eigenvalue weighted by Crippen LogP contribution is 2.29. The molecule has 1 aliphatic carbocycles. The Labute approximate surface area is 160 Å². The van der Waals surface area contributed by atoms with Crippen LogP contribution in [-0.4, -0.2) is 31.2 Å². The minimum Gasteiger partial charge on any atom is -0.496 e. The fourth-order valence-electron chi connectivity index (χ4n) is 3.45. The number of nitrogens with zero attached hydrogens (tertiary/aromatic N) is 1. The molecule has 0 spiro atoms. The van der Waals surface area contributed by atoms with Gasteiger partial charge in [0.25, 0.3) is 5.91 Å². The van der Waals surface area contributed by atoms with Gasteiger partial charge in [0, 0.05) is 6.04 Å². The Morgan fingerprint density at radius 3 is 2.22 bits per heavy atom. The lowest BCUT2D eigenvalue weighted by Gasteiger charge is -2.17. The second-order valence-electron chi connectivity index (χ2n) is 6.76. The first-order valence-corrected chi connectivity index (χ1v) is 9.46. The highest BCUT2D eigenvalue weighted by atomic mass is 16.5. The molecule has 0 aliphatic heterocycles. The minimum absolute atomic E-state index is 0.296. The molecule has 1 heterocycles. The number of carbonyl (C=O) groups excluding carboxylic acids is 1. The number of aromatic nitrogens is 1. The average molecular weight is 369 g/mol. The number of anilines is 2. The van der Waals surface area contributed by atoms with Crippen molar-refractivity contribution in [3.63, 3.8) is 0 Å². The first-order valence-electron chi connectivity index (χ1n) is 9.46. The minimum atomic E-state index is -0.296. The number of hydrogen-bond donors (Lipinski definition) is 2. The zero-order chi connectivity index (χ0) is 19.1. The molecule has 0 saturated heterocycles. The molecule has 1 aromatic carbocycles. The lowest BCUT2D eigenvalue weighted by molar-refractivity contribution is 0.102. The number of methoxy groups -OCH3 is 2. The summed E-state index contributed by atoms with van der Waals surface area (Å²) in [6, 6.07) is 9.49. The summed E-state index contributed by atoms with van der Waals surface area (Å²) < 4.78 is 10.6. The molecule has 0 atom stereocenters. The highest BCUT2D eigenvalue weighted by molar-refractivity contribution is 6.08. The van der Waals surface area contributed by atoms with E-state index in [4.69, 9.17) is 9.47 Å². The van der Waals surface area contributed by atoms with Crippen LogP contribution in [0.2, 0.25) is 0 Å². The number of hydrogen-bond acceptors (Lipinski definition) is 5. The number of amides is 1. The van der Waals surface area contributed by atoms with Crippen LogP contribution in [0.3, 0.4) is 0 Å². The number of pyridine rings is 1. The van der Waals surface area contributed by atoms with Crippen LogP contribution in [-0.2, 0) is 0 Å². The molecule has 1 aromatic heterocycles. The Balaban J connectivity index is 1.67. The van der Waals surface area contributed by atoms with Crippen molar-refractivity contribution in [2.45, 2.75) is 44.6 Å². The number of nitrogens with one attached hydrogen (secondary N) is 2. The Kier molecular flexibility index (Phi) is 6.52. The average Bonchev–Trinajstić information content (AvgIpc) is 2.97. The SMILES string of the molecule is COc1cccc(OC)c1C(=O)Nc1ccc(NC2CCCCCC2)nc1. The van der Waals surface area contributed by atoms with Gasteiger partial charge in [0.15, 0.2) is 0 Å². The third kappa shape index (κ3) is 4.90. The predicted molar refractivity (Wildman–Crippen MR) is 107 cm³/mol. The third-order valence-corrected chi connectivity index (χ3v) is 4.88. The number of benzene rings is 1. The Morgan fingerprint density at radius 1 is 1.00 bits per heavy atom. The van der Waals surface area contributed by atoms with Crippen LogP contribution in [0.5, 0.6) is 11.5 Å². The molecule has 6 nitrogen and oxygen atoms in total. The molecular weight excluding hydrogens is 342 g/mol. The summed E-state index contributed by atoms with van der Waals surface area (Å²) in [5, 5.41) is 6.37. The summed E-state index contributed by atoms with van der Waals surface area (Å²) in [6.07, 6.45) is 9.23. The Hall–Kier alpha value is -2.76. The van der Waals surface area contributed by atoms with E-state index in [9.17, 15) is 4.79 Å². The highest BCUT2D eigenvalue weighted by Gasteiger charge is 2.18. The third-order valence-electron chi connectivity index (χ3n) is 4.88. The van der Waals surface area contributed by atoms with Crippen LogP contribution < -0.4 is 20.1 Å². The zero-order valence-electron chi connectivity index (χ0n) is 16.0. The van der Waals surface area contributed by atoms with Gasteiger partial charge in [0.05, 0.1) is 26.1 Å². The van der Waals surface area contributed by atoms with E-state index in [1.165, 1.54) is 52.7 Å². The van der Waals surface area contributed by atoms with Gasteiger partial charge in [-0.1, -0.05) is 31.7 Å². The standard InChI is InChI=1S/C21H27N3O3/c1-26-17-10-7-11-18(27-2)20(17)21(25)24-16-12-13-19(22-14-16)23-15-8-5-3-4-6-9-15/h7,10-15H,3-6,8-9H2,1-2H3,(H,22,23)(H,24,25). The van der Waals surface area contributed by atoms with Crippen molar-refractivity contribution < 1.29 is 14.3 Å².